The van der Waals surface area contributed by atoms with Crippen molar-refractivity contribution < 1.29 is 44.4 Å². The number of halogens is 1. The molecule has 98 valence electrons. The van der Waals surface area contributed by atoms with Gasteiger partial charge in [0.1, 0.15) is 0 Å². The molecule has 0 bridgehead atoms. The first-order valence-electron chi connectivity index (χ1n) is 5.25. The molecule has 0 aliphatic carbocycles. The van der Waals surface area contributed by atoms with Crippen LogP contribution in [-0.2, 0) is 20.4 Å². The molecule has 0 N–H and O–H groups in total. The SMILES string of the molecule is CC(C)(C)[PH+](C(C)(C)C)C(C)(C)C.[I-].[Pd]. The second-order valence-electron chi connectivity index (χ2n) is 7.12. The van der Waals surface area contributed by atoms with Gasteiger partial charge < -0.3 is 24.0 Å². The van der Waals surface area contributed by atoms with Crippen molar-refractivity contribution in [3.63, 3.8) is 0 Å². The van der Waals surface area contributed by atoms with Crippen molar-refractivity contribution in [1.29, 1.82) is 0 Å². The summed E-state index contributed by atoms with van der Waals surface area (Å²) in [6.45, 7) is 21.6. The van der Waals surface area contributed by atoms with Crippen LogP contribution in [0.4, 0.5) is 0 Å². The van der Waals surface area contributed by atoms with E-state index in [0.717, 1.165) is 0 Å². The summed E-state index contributed by atoms with van der Waals surface area (Å²) >= 11 is 0. The van der Waals surface area contributed by atoms with Crippen LogP contribution >= 0.6 is 7.92 Å². The second-order valence-corrected chi connectivity index (χ2v) is 12.4. The third-order valence-electron chi connectivity index (χ3n) is 2.25. The quantitative estimate of drug-likeness (QED) is 0.307. The van der Waals surface area contributed by atoms with Gasteiger partial charge in [-0.25, -0.2) is 0 Å². The van der Waals surface area contributed by atoms with E-state index in [-0.39, 0.29) is 44.4 Å². The Morgan fingerprint density at radius 1 is 0.533 bits per heavy atom. The molecule has 0 fully saturated rings. The van der Waals surface area contributed by atoms with Crippen LogP contribution in [0.3, 0.4) is 0 Å². The van der Waals surface area contributed by atoms with Crippen LogP contribution in [0, 0.1) is 0 Å². The van der Waals surface area contributed by atoms with Gasteiger partial charge in [0, 0.05) is 28.3 Å². The molecule has 0 amide bonds. The van der Waals surface area contributed by atoms with Crippen molar-refractivity contribution in [1.82, 2.24) is 0 Å². The van der Waals surface area contributed by atoms with Gasteiger partial charge in [0.15, 0.2) is 0 Å². The molecule has 0 spiro atoms. The third kappa shape index (κ3) is 7.69. The molecule has 3 heteroatoms. The van der Waals surface area contributed by atoms with Gasteiger partial charge in [-0.15, -0.1) is 0 Å². The van der Waals surface area contributed by atoms with Crippen molar-refractivity contribution in [2.45, 2.75) is 77.8 Å². The minimum absolute atomic E-state index is 0. The smallest absolute Gasteiger partial charge is 0.0703 e. The van der Waals surface area contributed by atoms with Crippen LogP contribution in [0.25, 0.3) is 0 Å². The van der Waals surface area contributed by atoms with Crippen molar-refractivity contribution in [2.75, 3.05) is 0 Å². The average molecular weight is 437 g/mol. The molecular weight excluding hydrogens is 408 g/mol. The molecule has 0 radical (unpaired) electrons. The maximum Gasteiger partial charge on any atom is 0.0703 e. The summed E-state index contributed by atoms with van der Waals surface area (Å²) in [5.74, 6) is 0. The van der Waals surface area contributed by atoms with E-state index in [2.05, 4.69) is 62.3 Å². The van der Waals surface area contributed by atoms with E-state index in [4.69, 9.17) is 0 Å². The Labute approximate surface area is 129 Å². The van der Waals surface area contributed by atoms with Gasteiger partial charge in [-0.1, -0.05) is 0 Å². The number of hydrogen-bond donors (Lipinski definition) is 0. The summed E-state index contributed by atoms with van der Waals surface area (Å²) in [6.07, 6.45) is 0. The van der Waals surface area contributed by atoms with Crippen LogP contribution in [0.1, 0.15) is 62.3 Å². The first kappa shape index (κ1) is 22.0. The van der Waals surface area contributed by atoms with Crippen LogP contribution in [0.5, 0.6) is 0 Å². The summed E-state index contributed by atoms with van der Waals surface area (Å²) in [5.41, 5.74) is 0. The molecule has 0 rings (SSSR count). The van der Waals surface area contributed by atoms with Crippen molar-refractivity contribution in [2.24, 2.45) is 0 Å². The van der Waals surface area contributed by atoms with Crippen molar-refractivity contribution in [3.05, 3.63) is 0 Å². The monoisotopic (exact) mass is 436 g/mol. The van der Waals surface area contributed by atoms with E-state index in [9.17, 15) is 0 Å². The summed E-state index contributed by atoms with van der Waals surface area (Å²) in [5, 5.41) is 1.46. The molecule has 0 heterocycles. The first-order chi connectivity index (χ1) is 5.37. The minimum Gasteiger partial charge on any atom is -1.00 e. The zero-order valence-electron chi connectivity index (χ0n) is 11.7. The maximum absolute atomic E-state index is 2.40. The molecule has 0 aliphatic rings. The molecule has 0 unspecified atom stereocenters. The van der Waals surface area contributed by atoms with Gasteiger partial charge in [0.05, 0.1) is 15.5 Å². The molecule has 0 atom stereocenters. The Morgan fingerprint density at radius 2 is 0.667 bits per heavy atom. The van der Waals surface area contributed by atoms with Crippen molar-refractivity contribution in [3.8, 4) is 0 Å². The second kappa shape index (κ2) is 6.67. The maximum atomic E-state index is 2.40. The fraction of sp³-hybridized carbons (Fsp3) is 1.00. The molecule has 0 aromatic rings. The summed E-state index contributed by atoms with van der Waals surface area (Å²) < 4.78 is 0. The van der Waals surface area contributed by atoms with Crippen LogP contribution in [0.2, 0.25) is 0 Å². The van der Waals surface area contributed by atoms with Gasteiger partial charge in [0.2, 0.25) is 0 Å². The Bertz CT molecular complexity index is 138. The first-order valence-corrected chi connectivity index (χ1v) is 6.75. The molecule has 0 aromatic carbocycles. The molecule has 0 saturated heterocycles. The van der Waals surface area contributed by atoms with Gasteiger partial charge in [-0.3, -0.25) is 0 Å². The van der Waals surface area contributed by atoms with E-state index in [1.54, 1.807) is 0 Å². The van der Waals surface area contributed by atoms with Gasteiger partial charge in [0.25, 0.3) is 0 Å². The Balaban J connectivity index is -0.000000720. The Kier molecular flexibility index (Phi) is 9.81. The molecule has 0 aliphatic heterocycles. The molecule has 15 heavy (non-hydrogen) atoms. The Hall–Kier alpha value is 1.82. The van der Waals surface area contributed by atoms with Crippen molar-refractivity contribution >= 4 is 7.92 Å². The fourth-order valence-corrected chi connectivity index (χ4v) is 10.1. The fourth-order valence-electron chi connectivity index (χ4n) is 3.38. The summed E-state index contributed by atoms with van der Waals surface area (Å²) in [6, 6.07) is 0. The topological polar surface area (TPSA) is 0 Å². The number of rotatable bonds is 0. The molecular formula is C12H28IPPd. The molecule has 0 nitrogen and oxygen atoms in total. The predicted octanol–water partition coefficient (Wildman–Crippen LogP) is 1.60. The van der Waals surface area contributed by atoms with E-state index in [1.807, 2.05) is 0 Å². The zero-order valence-corrected chi connectivity index (χ0v) is 16.4. The third-order valence-corrected chi connectivity index (χ3v) is 6.75. The van der Waals surface area contributed by atoms with E-state index >= 15 is 0 Å². The van der Waals surface area contributed by atoms with Crippen LogP contribution < -0.4 is 24.0 Å². The predicted molar refractivity (Wildman–Crippen MR) is 67.6 cm³/mol. The molecule has 0 aromatic heterocycles. The summed E-state index contributed by atoms with van der Waals surface area (Å²) in [4.78, 5) is 0. The largest absolute Gasteiger partial charge is 1.00 e. The summed E-state index contributed by atoms with van der Waals surface area (Å²) in [7, 11) is -0.391. The van der Waals surface area contributed by atoms with Gasteiger partial charge in [-0.05, 0) is 62.3 Å². The van der Waals surface area contributed by atoms with E-state index in [0.29, 0.717) is 15.5 Å². The zero-order chi connectivity index (χ0) is 11.1. The van der Waals surface area contributed by atoms with E-state index in [1.165, 1.54) is 0 Å². The minimum atomic E-state index is -0.391. The average Bonchev–Trinajstić information content (AvgIpc) is 1.44. The van der Waals surface area contributed by atoms with Gasteiger partial charge in [-0.2, -0.15) is 0 Å². The molecule has 0 saturated carbocycles. The Morgan fingerprint density at radius 3 is 0.667 bits per heavy atom. The standard InChI is InChI=1S/C12H27P.HI.Pd/c1-10(2,3)13(11(4,5)6)12(7,8)9;;/h1-9H3;1H;. The van der Waals surface area contributed by atoms with Crippen LogP contribution in [0.15, 0.2) is 0 Å². The normalized spacial score (nSPS) is 13.2. The van der Waals surface area contributed by atoms with Gasteiger partial charge >= 0.3 is 0 Å². The number of hydrogen-bond acceptors (Lipinski definition) is 0. The van der Waals surface area contributed by atoms with E-state index < -0.39 is 7.92 Å². The van der Waals surface area contributed by atoms with Crippen LogP contribution in [-0.4, -0.2) is 15.5 Å².